The number of hydrogen-bond donors (Lipinski definition) is 1. The Balaban J connectivity index is 1.52. The summed E-state index contributed by atoms with van der Waals surface area (Å²) >= 11 is 5.93. The highest BCUT2D eigenvalue weighted by Crippen LogP contribution is 2.46. The van der Waals surface area contributed by atoms with E-state index < -0.39 is 0 Å². The van der Waals surface area contributed by atoms with Gasteiger partial charge in [0, 0.05) is 35.0 Å². The van der Waals surface area contributed by atoms with Gasteiger partial charge < -0.3 is 24.3 Å². The molecule has 7 heteroatoms. The molecule has 6 rings (SSSR count). The normalized spacial score (nSPS) is 18.5. The largest absolute Gasteiger partial charge is 0.454 e. The van der Waals surface area contributed by atoms with Crippen molar-refractivity contribution < 1.29 is 9.47 Å². The number of para-hydroxylation sites is 1. The fourth-order valence-electron chi connectivity index (χ4n) is 5.47. The van der Waals surface area contributed by atoms with Crippen LogP contribution < -0.4 is 19.7 Å². The SMILES string of the molecule is CCc1ccccc1-n1c(C)cc(C2C(c3ccccn3)NC(=S)N2c2ccc3c(c2)OCO3)c1C. The quantitative estimate of drug-likeness (QED) is 0.344. The first-order valence-corrected chi connectivity index (χ1v) is 12.6. The van der Waals surface area contributed by atoms with Gasteiger partial charge in [0.05, 0.1) is 17.8 Å². The zero-order valence-electron chi connectivity index (χ0n) is 20.6. The Kier molecular flexibility index (Phi) is 5.64. The number of thiocarbonyl (C=S) groups is 1. The molecule has 0 amide bonds. The predicted octanol–water partition coefficient (Wildman–Crippen LogP) is 5.96. The number of ether oxygens (including phenoxy) is 2. The molecule has 0 radical (unpaired) electrons. The fourth-order valence-corrected chi connectivity index (χ4v) is 5.82. The molecule has 6 nitrogen and oxygen atoms in total. The van der Waals surface area contributed by atoms with Crippen molar-refractivity contribution in [2.24, 2.45) is 0 Å². The first-order chi connectivity index (χ1) is 17.6. The van der Waals surface area contributed by atoms with Crippen LogP contribution in [0.5, 0.6) is 11.5 Å². The second kappa shape index (κ2) is 8.99. The molecule has 0 bridgehead atoms. The maximum Gasteiger partial charge on any atom is 0.231 e. The Bertz CT molecular complexity index is 1450. The number of benzene rings is 2. The molecule has 4 aromatic rings. The van der Waals surface area contributed by atoms with Crippen molar-refractivity contribution in [2.75, 3.05) is 11.7 Å². The summed E-state index contributed by atoms with van der Waals surface area (Å²) in [5, 5.41) is 4.23. The second-order valence-electron chi connectivity index (χ2n) is 9.18. The molecule has 0 saturated carbocycles. The minimum atomic E-state index is -0.112. The number of rotatable bonds is 5. The van der Waals surface area contributed by atoms with Crippen LogP contribution in [-0.2, 0) is 6.42 Å². The molecule has 2 aliphatic heterocycles. The van der Waals surface area contributed by atoms with E-state index in [9.17, 15) is 0 Å². The Labute approximate surface area is 216 Å². The van der Waals surface area contributed by atoms with Crippen LogP contribution in [0.4, 0.5) is 5.69 Å². The van der Waals surface area contributed by atoms with Gasteiger partial charge in [-0.1, -0.05) is 31.2 Å². The smallest absolute Gasteiger partial charge is 0.231 e. The van der Waals surface area contributed by atoms with Crippen molar-refractivity contribution in [2.45, 2.75) is 39.3 Å². The van der Waals surface area contributed by atoms with Crippen LogP contribution in [0.25, 0.3) is 5.69 Å². The molecule has 1 N–H and O–H groups in total. The summed E-state index contributed by atoms with van der Waals surface area (Å²) in [7, 11) is 0. The summed E-state index contributed by atoms with van der Waals surface area (Å²) in [4.78, 5) is 6.89. The van der Waals surface area contributed by atoms with Crippen LogP contribution in [0.3, 0.4) is 0 Å². The predicted molar refractivity (Wildman–Crippen MR) is 145 cm³/mol. The first-order valence-electron chi connectivity index (χ1n) is 12.2. The molecule has 4 heterocycles. The van der Waals surface area contributed by atoms with Crippen molar-refractivity contribution in [3.63, 3.8) is 0 Å². The molecule has 1 fully saturated rings. The number of aryl methyl sites for hydroxylation is 2. The molecule has 182 valence electrons. The average Bonchev–Trinajstić information content (AvgIpc) is 3.59. The zero-order valence-corrected chi connectivity index (χ0v) is 21.4. The lowest BCUT2D eigenvalue weighted by Gasteiger charge is -2.28. The Morgan fingerprint density at radius 2 is 1.81 bits per heavy atom. The molecule has 36 heavy (non-hydrogen) atoms. The lowest BCUT2D eigenvalue weighted by Crippen LogP contribution is -2.29. The van der Waals surface area contributed by atoms with E-state index in [1.807, 2.05) is 36.5 Å². The summed E-state index contributed by atoms with van der Waals surface area (Å²) in [6, 6.07) is 22.7. The maximum absolute atomic E-state index is 5.93. The van der Waals surface area contributed by atoms with E-state index in [2.05, 4.69) is 72.0 Å². The number of anilines is 1. The minimum Gasteiger partial charge on any atom is -0.454 e. The summed E-state index contributed by atoms with van der Waals surface area (Å²) in [6.45, 7) is 6.80. The molecule has 2 unspecified atom stereocenters. The first kappa shape index (κ1) is 22.6. The summed E-state index contributed by atoms with van der Waals surface area (Å²) in [5.41, 5.74) is 8.03. The average molecular weight is 497 g/mol. The molecule has 0 spiro atoms. The number of nitrogens with zero attached hydrogens (tertiary/aromatic N) is 3. The standard InChI is InChI=1S/C29H28N4O2S/c1-4-20-9-5-6-11-24(20)32-18(2)15-22(19(32)3)28-27(23-10-7-8-14-30-23)31-29(36)33(28)21-12-13-25-26(16-21)35-17-34-25/h5-16,27-28H,4,17H2,1-3H3,(H,31,36). The van der Waals surface area contributed by atoms with Gasteiger partial charge >= 0.3 is 0 Å². The van der Waals surface area contributed by atoms with Gasteiger partial charge in [0.25, 0.3) is 0 Å². The van der Waals surface area contributed by atoms with E-state index >= 15 is 0 Å². The lowest BCUT2D eigenvalue weighted by atomic mass is 9.96. The summed E-state index contributed by atoms with van der Waals surface area (Å²) in [6.07, 6.45) is 2.80. The second-order valence-corrected chi connectivity index (χ2v) is 9.57. The van der Waals surface area contributed by atoms with Gasteiger partial charge in [-0.25, -0.2) is 0 Å². The zero-order chi connectivity index (χ0) is 24.8. The molecule has 0 aliphatic carbocycles. The number of fused-ring (bicyclic) bond motifs is 1. The van der Waals surface area contributed by atoms with Gasteiger partial charge in [-0.15, -0.1) is 0 Å². The van der Waals surface area contributed by atoms with Crippen molar-refractivity contribution >= 4 is 23.0 Å². The molecular weight excluding hydrogens is 468 g/mol. The maximum atomic E-state index is 5.93. The van der Waals surface area contributed by atoms with Crippen molar-refractivity contribution in [3.05, 3.63) is 101 Å². The van der Waals surface area contributed by atoms with Gasteiger partial charge in [0.15, 0.2) is 16.6 Å². The number of pyridine rings is 1. The van der Waals surface area contributed by atoms with Crippen LogP contribution in [0.15, 0.2) is 72.9 Å². The number of aromatic nitrogens is 2. The van der Waals surface area contributed by atoms with Gasteiger partial charge in [-0.05, 0) is 80.0 Å². The highest BCUT2D eigenvalue weighted by atomic mass is 32.1. The topological polar surface area (TPSA) is 51.6 Å². The third-order valence-corrected chi connectivity index (χ3v) is 7.45. The van der Waals surface area contributed by atoms with Gasteiger partial charge in [-0.3, -0.25) is 4.98 Å². The number of hydrogen-bond acceptors (Lipinski definition) is 4. The van der Waals surface area contributed by atoms with Crippen LogP contribution in [0, 0.1) is 13.8 Å². The Morgan fingerprint density at radius 3 is 2.61 bits per heavy atom. The van der Waals surface area contributed by atoms with Gasteiger partial charge in [0.1, 0.15) is 0 Å². The van der Waals surface area contributed by atoms with Crippen molar-refractivity contribution in [1.29, 1.82) is 0 Å². The Morgan fingerprint density at radius 1 is 1.00 bits per heavy atom. The Hall–Kier alpha value is -3.84. The van der Waals surface area contributed by atoms with Crippen molar-refractivity contribution in [1.82, 2.24) is 14.9 Å². The van der Waals surface area contributed by atoms with Gasteiger partial charge in [-0.2, -0.15) is 0 Å². The van der Waals surface area contributed by atoms with Crippen LogP contribution in [-0.4, -0.2) is 21.5 Å². The van der Waals surface area contributed by atoms with Crippen LogP contribution in [0.2, 0.25) is 0 Å². The van der Waals surface area contributed by atoms with E-state index in [-0.39, 0.29) is 18.9 Å². The number of nitrogens with one attached hydrogen (secondary N) is 1. The fraction of sp³-hybridized carbons (Fsp3) is 0.241. The molecule has 1 saturated heterocycles. The third-order valence-electron chi connectivity index (χ3n) is 7.13. The lowest BCUT2D eigenvalue weighted by molar-refractivity contribution is 0.174. The molecule has 2 aromatic heterocycles. The highest BCUT2D eigenvalue weighted by molar-refractivity contribution is 7.80. The summed E-state index contributed by atoms with van der Waals surface area (Å²) < 4.78 is 13.6. The third kappa shape index (κ3) is 3.62. The van der Waals surface area contributed by atoms with E-state index in [0.29, 0.717) is 5.11 Å². The van der Waals surface area contributed by atoms with E-state index in [1.54, 1.807) is 0 Å². The molecular formula is C29H28N4O2S. The van der Waals surface area contributed by atoms with E-state index in [0.717, 1.165) is 29.3 Å². The molecule has 2 atom stereocenters. The molecule has 2 aromatic carbocycles. The highest BCUT2D eigenvalue weighted by Gasteiger charge is 2.42. The monoisotopic (exact) mass is 496 g/mol. The van der Waals surface area contributed by atoms with Crippen molar-refractivity contribution in [3.8, 4) is 17.2 Å². The minimum absolute atomic E-state index is 0.0958. The van der Waals surface area contributed by atoms with Crippen LogP contribution >= 0.6 is 12.2 Å². The van der Waals surface area contributed by atoms with Gasteiger partial charge in [0.2, 0.25) is 6.79 Å². The molecule has 2 aliphatic rings. The van der Waals surface area contributed by atoms with Crippen LogP contribution in [0.1, 0.15) is 47.2 Å². The summed E-state index contributed by atoms with van der Waals surface area (Å²) in [5.74, 6) is 1.49. The van der Waals surface area contributed by atoms with E-state index in [4.69, 9.17) is 26.7 Å². The van der Waals surface area contributed by atoms with E-state index in [1.165, 1.54) is 28.2 Å².